The number of fused-ring (bicyclic) bond motifs is 1. The summed E-state index contributed by atoms with van der Waals surface area (Å²) in [6, 6.07) is 7.85. The normalized spacial score (nSPS) is 13.6. The van der Waals surface area contributed by atoms with Crippen molar-refractivity contribution in [3.63, 3.8) is 0 Å². The Morgan fingerprint density at radius 3 is 3.00 bits per heavy atom. The molecule has 1 aromatic heterocycles. The second kappa shape index (κ2) is 6.44. The first kappa shape index (κ1) is 15.6. The predicted molar refractivity (Wildman–Crippen MR) is 89.6 cm³/mol. The highest BCUT2D eigenvalue weighted by Gasteiger charge is 2.21. The molecule has 0 spiro atoms. The first-order valence-electron chi connectivity index (χ1n) is 8.13. The van der Waals surface area contributed by atoms with E-state index in [-0.39, 0.29) is 5.91 Å². The molecule has 0 radical (unpaired) electrons. The SMILES string of the molecule is CC(C)c1cc(CN(C)C(=O)c2cccc3c2NCCC3)on1. The molecule has 3 rings (SSSR count). The van der Waals surface area contributed by atoms with E-state index in [9.17, 15) is 4.79 Å². The topological polar surface area (TPSA) is 58.4 Å². The third-order valence-corrected chi connectivity index (χ3v) is 4.21. The van der Waals surface area contributed by atoms with E-state index in [0.717, 1.165) is 36.3 Å². The number of amides is 1. The van der Waals surface area contributed by atoms with Crippen molar-refractivity contribution < 1.29 is 9.32 Å². The standard InChI is InChI=1S/C18H23N3O2/c1-12(2)16-10-14(23-20-16)11-21(3)18(22)15-8-4-6-13-7-5-9-19-17(13)15/h4,6,8,10,12,19H,5,7,9,11H2,1-3H3. The lowest BCUT2D eigenvalue weighted by Gasteiger charge is -2.23. The monoisotopic (exact) mass is 313 g/mol. The second-order valence-corrected chi connectivity index (χ2v) is 6.40. The summed E-state index contributed by atoms with van der Waals surface area (Å²) in [6.45, 7) is 5.47. The van der Waals surface area contributed by atoms with Gasteiger partial charge in [0.05, 0.1) is 23.5 Å². The van der Waals surface area contributed by atoms with Crippen molar-refractivity contribution in [2.24, 2.45) is 0 Å². The number of hydrogen-bond acceptors (Lipinski definition) is 4. The summed E-state index contributed by atoms with van der Waals surface area (Å²) in [5.41, 5.74) is 3.85. The van der Waals surface area contributed by atoms with Gasteiger partial charge < -0.3 is 14.7 Å². The molecule has 1 aromatic carbocycles. The smallest absolute Gasteiger partial charge is 0.256 e. The minimum Gasteiger partial charge on any atom is -0.384 e. The first-order chi connectivity index (χ1) is 11.1. The zero-order chi connectivity index (χ0) is 16.4. The lowest BCUT2D eigenvalue weighted by Crippen LogP contribution is -2.28. The Morgan fingerprint density at radius 2 is 2.26 bits per heavy atom. The van der Waals surface area contributed by atoms with Crippen LogP contribution in [0.4, 0.5) is 5.69 Å². The molecule has 2 heterocycles. The second-order valence-electron chi connectivity index (χ2n) is 6.40. The molecule has 1 aliphatic rings. The number of nitrogens with zero attached hydrogens (tertiary/aromatic N) is 2. The molecular weight excluding hydrogens is 290 g/mol. The molecule has 1 aliphatic heterocycles. The molecule has 0 aliphatic carbocycles. The minimum absolute atomic E-state index is 0.00116. The molecule has 1 N–H and O–H groups in total. The van der Waals surface area contributed by atoms with Crippen molar-refractivity contribution in [3.05, 3.63) is 46.8 Å². The lowest BCUT2D eigenvalue weighted by molar-refractivity contribution is 0.0773. The number of para-hydroxylation sites is 1. The Bertz CT molecular complexity index is 706. The van der Waals surface area contributed by atoms with Crippen molar-refractivity contribution in [2.45, 2.75) is 39.2 Å². The fourth-order valence-corrected chi connectivity index (χ4v) is 2.87. The van der Waals surface area contributed by atoms with Crippen LogP contribution in [-0.4, -0.2) is 29.6 Å². The van der Waals surface area contributed by atoms with Gasteiger partial charge in [0, 0.05) is 19.7 Å². The fourth-order valence-electron chi connectivity index (χ4n) is 2.87. The van der Waals surface area contributed by atoms with Gasteiger partial charge in [0.25, 0.3) is 5.91 Å². The molecule has 0 saturated carbocycles. The highest BCUT2D eigenvalue weighted by molar-refractivity contribution is 6.00. The van der Waals surface area contributed by atoms with E-state index in [2.05, 4.69) is 30.4 Å². The van der Waals surface area contributed by atoms with Crippen molar-refractivity contribution in [3.8, 4) is 0 Å². The van der Waals surface area contributed by atoms with Gasteiger partial charge in [-0.3, -0.25) is 4.79 Å². The number of aryl methyl sites for hydroxylation is 1. The van der Waals surface area contributed by atoms with E-state index < -0.39 is 0 Å². The van der Waals surface area contributed by atoms with Crippen LogP contribution in [0.1, 0.15) is 53.6 Å². The number of hydrogen-bond donors (Lipinski definition) is 1. The van der Waals surface area contributed by atoms with Gasteiger partial charge in [-0.25, -0.2) is 0 Å². The number of nitrogens with one attached hydrogen (secondary N) is 1. The highest BCUT2D eigenvalue weighted by Crippen LogP contribution is 2.27. The summed E-state index contributed by atoms with van der Waals surface area (Å²) in [7, 11) is 1.79. The molecule has 122 valence electrons. The van der Waals surface area contributed by atoms with Crippen LogP contribution in [0, 0.1) is 0 Å². The zero-order valence-corrected chi connectivity index (χ0v) is 13.9. The average Bonchev–Trinajstić information content (AvgIpc) is 3.02. The first-order valence-corrected chi connectivity index (χ1v) is 8.13. The molecule has 0 atom stereocenters. The minimum atomic E-state index is -0.00116. The van der Waals surface area contributed by atoms with Gasteiger partial charge >= 0.3 is 0 Å². The van der Waals surface area contributed by atoms with Crippen molar-refractivity contribution >= 4 is 11.6 Å². The van der Waals surface area contributed by atoms with Gasteiger partial charge in [0.2, 0.25) is 0 Å². The largest absolute Gasteiger partial charge is 0.384 e. The zero-order valence-electron chi connectivity index (χ0n) is 13.9. The van der Waals surface area contributed by atoms with E-state index >= 15 is 0 Å². The maximum absolute atomic E-state index is 12.8. The van der Waals surface area contributed by atoms with Gasteiger partial charge in [0.1, 0.15) is 0 Å². The van der Waals surface area contributed by atoms with Crippen molar-refractivity contribution in [2.75, 3.05) is 18.9 Å². The summed E-state index contributed by atoms with van der Waals surface area (Å²) in [6.07, 6.45) is 2.13. The molecule has 0 bridgehead atoms. The average molecular weight is 313 g/mol. The van der Waals surface area contributed by atoms with Crippen LogP contribution >= 0.6 is 0 Å². The van der Waals surface area contributed by atoms with Gasteiger partial charge in [0.15, 0.2) is 5.76 Å². The van der Waals surface area contributed by atoms with Crippen molar-refractivity contribution in [1.82, 2.24) is 10.1 Å². The van der Waals surface area contributed by atoms with Gasteiger partial charge in [-0.15, -0.1) is 0 Å². The van der Waals surface area contributed by atoms with Crippen LogP contribution in [0.15, 0.2) is 28.8 Å². The van der Waals surface area contributed by atoms with Crippen molar-refractivity contribution in [1.29, 1.82) is 0 Å². The molecule has 23 heavy (non-hydrogen) atoms. The number of aromatic nitrogens is 1. The molecule has 0 fully saturated rings. The summed E-state index contributed by atoms with van der Waals surface area (Å²) >= 11 is 0. The maximum atomic E-state index is 12.8. The van der Waals surface area contributed by atoms with Crippen LogP contribution in [0.3, 0.4) is 0 Å². The van der Waals surface area contributed by atoms with E-state index in [1.165, 1.54) is 5.56 Å². The Morgan fingerprint density at radius 1 is 1.43 bits per heavy atom. The van der Waals surface area contributed by atoms with E-state index in [1.807, 2.05) is 18.2 Å². The van der Waals surface area contributed by atoms with Crippen LogP contribution in [0.25, 0.3) is 0 Å². The number of anilines is 1. The fraction of sp³-hybridized carbons (Fsp3) is 0.444. The summed E-state index contributed by atoms with van der Waals surface area (Å²) in [5.74, 6) is 1.03. The van der Waals surface area contributed by atoms with Crippen LogP contribution in [0.2, 0.25) is 0 Å². The van der Waals surface area contributed by atoms with E-state index in [4.69, 9.17) is 4.52 Å². The molecular formula is C18H23N3O2. The Kier molecular flexibility index (Phi) is 4.37. The molecule has 1 amide bonds. The highest BCUT2D eigenvalue weighted by atomic mass is 16.5. The number of carbonyl (C=O) groups excluding carboxylic acids is 1. The molecule has 2 aromatic rings. The van der Waals surface area contributed by atoms with Gasteiger partial charge in [-0.1, -0.05) is 31.1 Å². The Labute approximate surface area is 136 Å². The van der Waals surface area contributed by atoms with Crippen LogP contribution in [-0.2, 0) is 13.0 Å². The third kappa shape index (κ3) is 3.23. The van der Waals surface area contributed by atoms with Crippen LogP contribution < -0.4 is 5.32 Å². The van der Waals surface area contributed by atoms with Gasteiger partial charge in [-0.2, -0.15) is 0 Å². The Balaban J connectivity index is 1.77. The number of carbonyl (C=O) groups is 1. The lowest BCUT2D eigenvalue weighted by atomic mass is 9.99. The quantitative estimate of drug-likeness (QED) is 0.939. The number of benzene rings is 1. The summed E-state index contributed by atoms with van der Waals surface area (Å²) in [4.78, 5) is 14.5. The van der Waals surface area contributed by atoms with E-state index in [1.54, 1.807) is 11.9 Å². The molecule has 5 nitrogen and oxygen atoms in total. The molecule has 5 heteroatoms. The van der Waals surface area contributed by atoms with Crippen LogP contribution in [0.5, 0.6) is 0 Å². The summed E-state index contributed by atoms with van der Waals surface area (Å²) < 4.78 is 5.34. The predicted octanol–water partition coefficient (Wildman–Crippen LogP) is 3.43. The molecule has 0 saturated heterocycles. The van der Waals surface area contributed by atoms with Gasteiger partial charge in [-0.05, 0) is 30.4 Å². The molecule has 0 unspecified atom stereocenters. The van der Waals surface area contributed by atoms with E-state index in [0.29, 0.717) is 18.2 Å². The summed E-state index contributed by atoms with van der Waals surface area (Å²) in [5, 5.41) is 7.41. The number of rotatable bonds is 4. The third-order valence-electron chi connectivity index (χ3n) is 4.21. The Hall–Kier alpha value is -2.30. The maximum Gasteiger partial charge on any atom is 0.256 e.